The second-order valence-electron chi connectivity index (χ2n) is 6.27. The molecule has 0 amide bonds. The van der Waals surface area contributed by atoms with Crippen molar-refractivity contribution in [1.82, 2.24) is 20.2 Å². The fraction of sp³-hybridized carbons (Fsp3) is 0.450. The summed E-state index contributed by atoms with van der Waals surface area (Å²) >= 11 is 0. The summed E-state index contributed by atoms with van der Waals surface area (Å²) in [5.41, 5.74) is 1.15. The number of piperazine rings is 1. The minimum atomic E-state index is 0. The number of nitrogens with one attached hydrogen (secondary N) is 1. The highest BCUT2D eigenvalue weighted by Crippen LogP contribution is 2.15. The third kappa shape index (κ3) is 6.22. The highest BCUT2D eigenvalue weighted by atomic mass is 127. The number of aromatic nitrogens is 2. The maximum Gasteiger partial charge on any atom is 0.225 e. The van der Waals surface area contributed by atoms with Crippen molar-refractivity contribution >= 4 is 35.9 Å². The van der Waals surface area contributed by atoms with E-state index in [2.05, 4.69) is 44.1 Å². The van der Waals surface area contributed by atoms with E-state index >= 15 is 0 Å². The van der Waals surface area contributed by atoms with Crippen LogP contribution in [0, 0.1) is 0 Å². The maximum atomic E-state index is 5.58. The van der Waals surface area contributed by atoms with E-state index < -0.39 is 0 Å². The third-order valence-corrected chi connectivity index (χ3v) is 4.37. The van der Waals surface area contributed by atoms with Crippen LogP contribution in [0.3, 0.4) is 0 Å². The van der Waals surface area contributed by atoms with Crippen molar-refractivity contribution in [1.29, 1.82) is 0 Å². The molecule has 0 spiro atoms. The summed E-state index contributed by atoms with van der Waals surface area (Å²) in [6.07, 6.45) is 3.58. The van der Waals surface area contributed by atoms with Crippen LogP contribution in [0.15, 0.2) is 47.7 Å². The third-order valence-electron chi connectivity index (χ3n) is 4.37. The number of hydrogen-bond acceptors (Lipinski definition) is 5. The van der Waals surface area contributed by atoms with E-state index in [1.165, 1.54) is 0 Å². The Labute approximate surface area is 184 Å². The Morgan fingerprint density at radius 1 is 1.11 bits per heavy atom. The Bertz CT molecular complexity index is 734. The number of aliphatic imine (C=N–C) groups is 1. The van der Waals surface area contributed by atoms with Gasteiger partial charge in [0.15, 0.2) is 5.96 Å². The van der Waals surface area contributed by atoms with Gasteiger partial charge in [0.25, 0.3) is 0 Å². The lowest BCUT2D eigenvalue weighted by Crippen LogP contribution is -2.52. The molecule has 1 N–H and O–H groups in total. The number of benzene rings is 1. The van der Waals surface area contributed by atoms with Gasteiger partial charge in [0.2, 0.25) is 5.95 Å². The first-order chi connectivity index (χ1) is 13.3. The van der Waals surface area contributed by atoms with Crippen molar-refractivity contribution in [3.63, 3.8) is 0 Å². The molecule has 7 nitrogen and oxygen atoms in total. The summed E-state index contributed by atoms with van der Waals surface area (Å²) in [7, 11) is 0. The van der Waals surface area contributed by atoms with E-state index in [4.69, 9.17) is 9.73 Å². The van der Waals surface area contributed by atoms with E-state index in [1.807, 2.05) is 25.1 Å². The van der Waals surface area contributed by atoms with E-state index in [1.54, 1.807) is 12.4 Å². The summed E-state index contributed by atoms with van der Waals surface area (Å²) in [5.74, 6) is 2.64. The highest BCUT2D eigenvalue weighted by Gasteiger charge is 2.21. The molecule has 2 heterocycles. The number of guanidine groups is 1. The SMILES string of the molecule is CCNC(=NCc1cccc(OCC)c1)N1CCN(c2ncccn2)CC1.I. The predicted molar refractivity (Wildman–Crippen MR) is 124 cm³/mol. The van der Waals surface area contributed by atoms with Crippen LogP contribution < -0.4 is 15.0 Å². The summed E-state index contributed by atoms with van der Waals surface area (Å²) in [5, 5.41) is 3.41. The van der Waals surface area contributed by atoms with Crippen LogP contribution in [0.5, 0.6) is 5.75 Å². The second kappa shape index (κ2) is 11.7. The molecule has 152 valence electrons. The van der Waals surface area contributed by atoms with Crippen molar-refractivity contribution < 1.29 is 4.74 Å². The lowest BCUT2D eigenvalue weighted by atomic mass is 10.2. The van der Waals surface area contributed by atoms with Gasteiger partial charge in [-0.15, -0.1) is 24.0 Å². The Morgan fingerprint density at radius 2 is 1.86 bits per heavy atom. The fourth-order valence-corrected chi connectivity index (χ4v) is 3.07. The van der Waals surface area contributed by atoms with Crippen molar-refractivity contribution in [3.05, 3.63) is 48.3 Å². The molecule has 0 saturated carbocycles. The van der Waals surface area contributed by atoms with E-state index in [9.17, 15) is 0 Å². The number of anilines is 1. The van der Waals surface area contributed by atoms with Crippen molar-refractivity contribution in [2.24, 2.45) is 4.99 Å². The van der Waals surface area contributed by atoms with E-state index in [0.29, 0.717) is 13.2 Å². The van der Waals surface area contributed by atoms with Crippen LogP contribution in [0.4, 0.5) is 5.95 Å². The molecule has 8 heteroatoms. The Morgan fingerprint density at radius 3 is 2.54 bits per heavy atom. The number of rotatable bonds is 6. The topological polar surface area (TPSA) is 65.9 Å². The minimum absolute atomic E-state index is 0. The predicted octanol–water partition coefficient (Wildman–Crippen LogP) is 2.78. The van der Waals surface area contributed by atoms with Crippen LogP contribution in [-0.2, 0) is 6.54 Å². The average molecular weight is 496 g/mol. The lowest BCUT2D eigenvalue weighted by molar-refractivity contribution is 0.340. The van der Waals surface area contributed by atoms with Gasteiger partial charge in [-0.3, -0.25) is 0 Å². The average Bonchev–Trinajstić information content (AvgIpc) is 2.72. The molecule has 1 aliphatic heterocycles. The fourth-order valence-electron chi connectivity index (χ4n) is 3.07. The summed E-state index contributed by atoms with van der Waals surface area (Å²) in [6, 6.07) is 9.98. The van der Waals surface area contributed by atoms with Crippen molar-refractivity contribution in [3.8, 4) is 5.75 Å². The summed E-state index contributed by atoms with van der Waals surface area (Å²) < 4.78 is 5.58. The van der Waals surface area contributed by atoms with Crippen LogP contribution in [0.25, 0.3) is 0 Å². The Kier molecular flexibility index (Phi) is 9.26. The van der Waals surface area contributed by atoms with Gasteiger partial charge < -0.3 is 19.9 Å². The molecule has 1 aromatic heterocycles. The molecule has 0 bridgehead atoms. The second-order valence-corrected chi connectivity index (χ2v) is 6.27. The number of halogens is 1. The Balaban J connectivity index is 0.00000280. The summed E-state index contributed by atoms with van der Waals surface area (Å²) in [4.78, 5) is 18.0. The molecule has 1 saturated heterocycles. The monoisotopic (exact) mass is 496 g/mol. The smallest absolute Gasteiger partial charge is 0.225 e. The zero-order valence-corrected chi connectivity index (χ0v) is 18.9. The molecule has 0 radical (unpaired) electrons. The molecule has 0 aliphatic carbocycles. The Hall–Kier alpha value is -2.10. The lowest BCUT2D eigenvalue weighted by Gasteiger charge is -2.36. The number of nitrogens with zero attached hydrogens (tertiary/aromatic N) is 5. The van der Waals surface area contributed by atoms with Crippen LogP contribution in [0.1, 0.15) is 19.4 Å². The number of ether oxygens (including phenoxy) is 1. The van der Waals surface area contributed by atoms with Gasteiger partial charge in [-0.05, 0) is 37.6 Å². The highest BCUT2D eigenvalue weighted by molar-refractivity contribution is 14.0. The first kappa shape index (κ1) is 22.2. The largest absolute Gasteiger partial charge is 0.494 e. The van der Waals surface area contributed by atoms with Gasteiger partial charge in [0, 0.05) is 45.1 Å². The van der Waals surface area contributed by atoms with E-state index in [-0.39, 0.29) is 24.0 Å². The molecule has 28 heavy (non-hydrogen) atoms. The van der Waals surface area contributed by atoms with Gasteiger partial charge in [-0.2, -0.15) is 0 Å². The standard InChI is InChI=1S/C20H28N6O.HI/c1-3-21-19(24-16-17-7-5-8-18(15-17)27-4-2)25-11-13-26(14-12-25)20-22-9-6-10-23-20;/h5-10,15H,3-4,11-14,16H2,1-2H3,(H,21,24);1H. The van der Waals surface area contributed by atoms with Crippen LogP contribution in [-0.4, -0.2) is 60.2 Å². The molecule has 3 rings (SSSR count). The molecule has 2 aromatic rings. The van der Waals surface area contributed by atoms with Gasteiger partial charge >= 0.3 is 0 Å². The normalized spacial score (nSPS) is 14.4. The van der Waals surface area contributed by atoms with Crippen LogP contribution in [0.2, 0.25) is 0 Å². The molecule has 1 fully saturated rings. The molecule has 0 atom stereocenters. The van der Waals surface area contributed by atoms with Gasteiger partial charge in [0.05, 0.1) is 13.2 Å². The van der Waals surface area contributed by atoms with Gasteiger partial charge in [-0.25, -0.2) is 15.0 Å². The number of hydrogen-bond donors (Lipinski definition) is 1. The van der Waals surface area contributed by atoms with Crippen LogP contribution >= 0.6 is 24.0 Å². The zero-order valence-electron chi connectivity index (χ0n) is 16.5. The van der Waals surface area contributed by atoms with Gasteiger partial charge in [-0.1, -0.05) is 12.1 Å². The summed E-state index contributed by atoms with van der Waals surface area (Å²) in [6.45, 7) is 9.79. The van der Waals surface area contributed by atoms with Crippen molar-refractivity contribution in [2.75, 3.05) is 44.2 Å². The maximum absolute atomic E-state index is 5.58. The first-order valence-electron chi connectivity index (χ1n) is 9.57. The molecule has 1 aliphatic rings. The molecular formula is C20H29IN6O. The van der Waals surface area contributed by atoms with Gasteiger partial charge in [0.1, 0.15) is 5.75 Å². The van der Waals surface area contributed by atoms with Crippen molar-refractivity contribution in [2.45, 2.75) is 20.4 Å². The quantitative estimate of drug-likeness (QED) is 0.377. The molecular weight excluding hydrogens is 467 g/mol. The first-order valence-corrected chi connectivity index (χ1v) is 9.57. The van der Waals surface area contributed by atoms with E-state index in [0.717, 1.165) is 55.9 Å². The minimum Gasteiger partial charge on any atom is -0.494 e. The molecule has 1 aromatic carbocycles. The molecule has 0 unspecified atom stereocenters. The zero-order chi connectivity index (χ0) is 18.9.